The van der Waals surface area contributed by atoms with Gasteiger partial charge in [0.1, 0.15) is 11.4 Å². The molecule has 1 saturated carbocycles. The summed E-state index contributed by atoms with van der Waals surface area (Å²) >= 11 is 0. The quantitative estimate of drug-likeness (QED) is 0.323. The van der Waals surface area contributed by atoms with Gasteiger partial charge < -0.3 is 15.4 Å². The highest BCUT2D eigenvalue weighted by Crippen LogP contribution is 2.55. The molecule has 1 amide bonds. The number of fused-ring (bicyclic) bond motifs is 1. The SMILES string of the molecule is CC=CC(=O)N1CC2(CC(n3nc(-c4ccc(Oc5ccccc5)nc4)c4c(N)cccc43)C2)C1. The monoisotopic (exact) mass is 465 g/mol. The Balaban J connectivity index is 1.25. The van der Waals surface area contributed by atoms with Gasteiger partial charge in [-0.15, -0.1) is 0 Å². The zero-order valence-electron chi connectivity index (χ0n) is 19.6. The molecular formula is C28H27N5O2. The van der Waals surface area contributed by atoms with Gasteiger partial charge in [0.2, 0.25) is 11.8 Å². The molecule has 3 heterocycles. The van der Waals surface area contributed by atoms with Crippen LogP contribution in [0.3, 0.4) is 0 Å². The average molecular weight is 466 g/mol. The number of hydrogen-bond donors (Lipinski definition) is 1. The van der Waals surface area contributed by atoms with Crippen LogP contribution in [0.5, 0.6) is 11.6 Å². The number of nitrogens with zero attached hydrogens (tertiary/aromatic N) is 4. The van der Waals surface area contributed by atoms with E-state index in [0.29, 0.717) is 17.6 Å². The Hall–Kier alpha value is -4.13. The molecule has 0 bridgehead atoms. The number of aromatic nitrogens is 3. The summed E-state index contributed by atoms with van der Waals surface area (Å²) in [5.41, 5.74) is 10.1. The van der Waals surface area contributed by atoms with Crippen LogP contribution in [0.25, 0.3) is 22.2 Å². The van der Waals surface area contributed by atoms with Crippen molar-refractivity contribution in [2.24, 2.45) is 5.41 Å². The van der Waals surface area contributed by atoms with E-state index in [9.17, 15) is 4.79 Å². The fraction of sp³-hybridized carbons (Fsp3) is 0.250. The van der Waals surface area contributed by atoms with E-state index in [-0.39, 0.29) is 11.3 Å². The molecule has 1 spiro atoms. The van der Waals surface area contributed by atoms with Crippen molar-refractivity contribution in [3.63, 3.8) is 0 Å². The molecule has 1 saturated heterocycles. The lowest BCUT2D eigenvalue weighted by molar-refractivity contribution is -0.148. The molecule has 0 atom stereocenters. The minimum Gasteiger partial charge on any atom is -0.439 e. The minimum absolute atomic E-state index is 0.105. The van der Waals surface area contributed by atoms with Crippen LogP contribution in [-0.4, -0.2) is 38.7 Å². The number of allylic oxidation sites excluding steroid dienone is 1. The second-order valence-corrected chi connectivity index (χ2v) is 9.59. The molecule has 1 aliphatic carbocycles. The van der Waals surface area contributed by atoms with Crippen molar-refractivity contribution in [3.05, 3.63) is 79.0 Å². The first kappa shape index (κ1) is 21.4. The average Bonchev–Trinajstić information content (AvgIpc) is 3.19. The number of hydrogen-bond acceptors (Lipinski definition) is 5. The Morgan fingerprint density at radius 2 is 1.89 bits per heavy atom. The second kappa shape index (κ2) is 8.27. The summed E-state index contributed by atoms with van der Waals surface area (Å²) in [5.74, 6) is 1.38. The van der Waals surface area contributed by atoms with E-state index < -0.39 is 0 Å². The lowest BCUT2D eigenvalue weighted by Crippen LogP contribution is -2.63. The van der Waals surface area contributed by atoms with Crippen molar-refractivity contribution < 1.29 is 9.53 Å². The molecule has 6 rings (SSSR count). The molecule has 35 heavy (non-hydrogen) atoms. The van der Waals surface area contributed by atoms with Crippen molar-refractivity contribution in [1.82, 2.24) is 19.7 Å². The number of benzene rings is 2. The standard InChI is InChI=1S/C28H27N5O2/c1-2-7-25(34)32-17-28(18-32)14-20(15-28)33-23-11-6-10-22(29)26(23)27(31-33)19-12-13-24(30-16-19)35-21-8-4-3-5-9-21/h2-13,16,20H,14-15,17-18,29H2,1H3. The van der Waals surface area contributed by atoms with Gasteiger partial charge in [0.05, 0.1) is 16.9 Å². The summed E-state index contributed by atoms with van der Waals surface area (Å²) in [5, 5.41) is 5.98. The van der Waals surface area contributed by atoms with E-state index in [1.165, 1.54) is 0 Å². The van der Waals surface area contributed by atoms with E-state index in [4.69, 9.17) is 15.6 Å². The number of carbonyl (C=O) groups is 1. The molecule has 1 aliphatic heterocycles. The van der Waals surface area contributed by atoms with Crippen molar-refractivity contribution in [2.75, 3.05) is 18.8 Å². The smallest absolute Gasteiger partial charge is 0.246 e. The van der Waals surface area contributed by atoms with E-state index in [1.54, 1.807) is 18.3 Å². The molecule has 4 aromatic rings. The van der Waals surface area contributed by atoms with Crippen LogP contribution >= 0.6 is 0 Å². The number of amides is 1. The predicted molar refractivity (Wildman–Crippen MR) is 136 cm³/mol. The minimum atomic E-state index is 0.105. The Kier molecular flexibility index (Phi) is 5.06. The summed E-state index contributed by atoms with van der Waals surface area (Å²) in [4.78, 5) is 18.5. The van der Waals surface area contributed by atoms with Crippen molar-refractivity contribution in [2.45, 2.75) is 25.8 Å². The Morgan fingerprint density at radius 1 is 1.09 bits per heavy atom. The van der Waals surface area contributed by atoms with Gasteiger partial charge in [-0.3, -0.25) is 9.48 Å². The number of anilines is 1. The largest absolute Gasteiger partial charge is 0.439 e. The molecule has 2 fully saturated rings. The highest BCUT2D eigenvalue weighted by molar-refractivity contribution is 6.01. The van der Waals surface area contributed by atoms with Crippen LogP contribution in [0, 0.1) is 5.41 Å². The molecule has 7 nitrogen and oxygen atoms in total. The Morgan fingerprint density at radius 3 is 2.60 bits per heavy atom. The van der Waals surface area contributed by atoms with Crippen molar-refractivity contribution >= 4 is 22.5 Å². The molecule has 2 aromatic carbocycles. The van der Waals surface area contributed by atoms with Crippen LogP contribution in [0.2, 0.25) is 0 Å². The first-order chi connectivity index (χ1) is 17.0. The molecule has 0 radical (unpaired) electrons. The number of para-hydroxylation sites is 1. The van der Waals surface area contributed by atoms with Crippen LogP contribution < -0.4 is 10.5 Å². The van der Waals surface area contributed by atoms with Gasteiger partial charge in [0, 0.05) is 42.0 Å². The number of carbonyl (C=O) groups excluding carboxylic acids is 1. The van der Waals surface area contributed by atoms with Gasteiger partial charge in [-0.1, -0.05) is 30.3 Å². The summed E-state index contributed by atoms with van der Waals surface area (Å²) in [6.45, 7) is 3.53. The van der Waals surface area contributed by atoms with Gasteiger partial charge in [0.15, 0.2) is 0 Å². The number of pyridine rings is 1. The van der Waals surface area contributed by atoms with Gasteiger partial charge >= 0.3 is 0 Å². The number of likely N-dealkylation sites (tertiary alicyclic amines) is 1. The van der Waals surface area contributed by atoms with Gasteiger partial charge in [-0.25, -0.2) is 4.98 Å². The van der Waals surface area contributed by atoms with E-state index >= 15 is 0 Å². The maximum atomic E-state index is 12.1. The molecule has 2 aromatic heterocycles. The fourth-order valence-corrected chi connectivity index (χ4v) is 5.43. The zero-order valence-corrected chi connectivity index (χ0v) is 19.6. The number of nitrogen functional groups attached to an aromatic ring is 1. The van der Waals surface area contributed by atoms with Gasteiger partial charge in [-0.2, -0.15) is 5.10 Å². The summed E-state index contributed by atoms with van der Waals surface area (Å²) < 4.78 is 7.96. The first-order valence-corrected chi connectivity index (χ1v) is 11.9. The molecule has 176 valence electrons. The normalized spacial score (nSPS) is 17.0. The number of rotatable bonds is 5. The highest BCUT2D eigenvalue weighted by atomic mass is 16.5. The highest BCUT2D eigenvalue weighted by Gasteiger charge is 2.54. The number of nitrogens with two attached hydrogens (primary N) is 1. The van der Waals surface area contributed by atoms with Crippen molar-refractivity contribution in [1.29, 1.82) is 0 Å². The van der Waals surface area contributed by atoms with E-state index in [0.717, 1.165) is 53.8 Å². The Bertz CT molecular complexity index is 1410. The van der Waals surface area contributed by atoms with Gasteiger partial charge in [-0.05, 0) is 56.2 Å². The third-order valence-electron chi connectivity index (χ3n) is 7.10. The summed E-state index contributed by atoms with van der Waals surface area (Å²) in [6.07, 6.45) is 7.26. The summed E-state index contributed by atoms with van der Waals surface area (Å²) in [6, 6.07) is 19.7. The molecule has 2 N–H and O–H groups in total. The molecule has 0 unspecified atom stereocenters. The zero-order chi connectivity index (χ0) is 24.0. The number of ether oxygens (including phenoxy) is 1. The van der Waals surface area contributed by atoms with Crippen LogP contribution in [0.15, 0.2) is 79.0 Å². The Labute approximate surface area is 203 Å². The first-order valence-electron chi connectivity index (χ1n) is 11.9. The lowest BCUT2D eigenvalue weighted by atomic mass is 9.60. The molecular weight excluding hydrogens is 438 g/mol. The van der Waals surface area contributed by atoms with Gasteiger partial charge in [0.25, 0.3) is 0 Å². The summed E-state index contributed by atoms with van der Waals surface area (Å²) in [7, 11) is 0. The van der Waals surface area contributed by atoms with Crippen LogP contribution in [-0.2, 0) is 4.79 Å². The predicted octanol–water partition coefficient (Wildman–Crippen LogP) is 5.21. The lowest BCUT2D eigenvalue weighted by Gasteiger charge is -2.58. The molecule has 2 aliphatic rings. The van der Waals surface area contributed by atoms with Crippen LogP contribution in [0.1, 0.15) is 25.8 Å². The maximum absolute atomic E-state index is 12.1. The molecule has 7 heteroatoms. The fourth-order valence-electron chi connectivity index (χ4n) is 5.43. The maximum Gasteiger partial charge on any atom is 0.246 e. The third kappa shape index (κ3) is 3.73. The van der Waals surface area contributed by atoms with Crippen LogP contribution in [0.4, 0.5) is 5.69 Å². The second-order valence-electron chi connectivity index (χ2n) is 9.59. The van der Waals surface area contributed by atoms with E-state index in [2.05, 4.69) is 15.7 Å². The topological polar surface area (TPSA) is 86.3 Å². The third-order valence-corrected chi connectivity index (χ3v) is 7.10. The van der Waals surface area contributed by atoms with Crippen molar-refractivity contribution in [3.8, 4) is 22.9 Å². The van der Waals surface area contributed by atoms with E-state index in [1.807, 2.05) is 66.4 Å².